The monoisotopic (exact) mass is 624 g/mol. The molecule has 0 amide bonds. The molecule has 240 valence electrons. The molecule has 0 fully saturated rings. The lowest BCUT2D eigenvalue weighted by atomic mass is 9.85. The van der Waals surface area contributed by atoms with E-state index in [-0.39, 0.29) is 23.6 Å². The Balaban J connectivity index is 1.44. The number of hydrogen-bond donors (Lipinski definition) is 2. The number of quaternary nitrogens is 2. The van der Waals surface area contributed by atoms with Gasteiger partial charge in [-0.1, -0.05) is 18.2 Å². The minimum absolute atomic E-state index is 0.0251. The molecule has 6 bridgehead atoms. The third kappa shape index (κ3) is 5.19. The first-order chi connectivity index (χ1) is 22.0. The Kier molecular flexibility index (Phi) is 7.33. The van der Waals surface area contributed by atoms with Crippen LogP contribution in [0.5, 0.6) is 46.0 Å². The summed E-state index contributed by atoms with van der Waals surface area (Å²) in [5.41, 5.74) is 6.76. The Morgan fingerprint density at radius 2 is 1.35 bits per heavy atom. The standard InChI is InChI=1S/C38H42N2O6/c1-39(2)15-13-25-21-34(43-5)35-22-28(25)29(39)17-23-7-10-27(11-8-23)45-38-36-26(20-32(42)37(38)44-6)14-16-40(3,4)30(36)18-24-9-12-31(41)33(19-24)46-35/h7-12,19-22,29-30H,13-18H2,1-6H3/p+2. The molecule has 0 aromatic heterocycles. The molecule has 4 aliphatic rings. The largest absolute Gasteiger partial charge is 0.504 e. The first kappa shape index (κ1) is 30.3. The van der Waals surface area contributed by atoms with Gasteiger partial charge in [-0.15, -0.1) is 0 Å². The molecular formula is C38H44N2O6+2. The van der Waals surface area contributed by atoms with Crippen molar-refractivity contribution in [3.8, 4) is 46.0 Å². The Bertz CT molecular complexity index is 1810. The maximum Gasteiger partial charge on any atom is 0.204 e. The molecule has 8 rings (SSSR count). The normalized spacial score (nSPS) is 20.7. The topological polar surface area (TPSA) is 77.4 Å². The first-order valence-electron chi connectivity index (χ1n) is 16.0. The number of phenols is 2. The summed E-state index contributed by atoms with van der Waals surface area (Å²) in [5.74, 6) is 3.34. The summed E-state index contributed by atoms with van der Waals surface area (Å²) in [6.07, 6.45) is 3.21. The summed E-state index contributed by atoms with van der Waals surface area (Å²) < 4.78 is 26.4. The summed E-state index contributed by atoms with van der Waals surface area (Å²) in [4.78, 5) is 0. The number of nitrogens with zero attached hydrogens (tertiary/aromatic N) is 2. The van der Waals surface area contributed by atoms with Gasteiger partial charge in [-0.05, 0) is 64.7 Å². The van der Waals surface area contributed by atoms with Gasteiger partial charge in [0.1, 0.15) is 17.8 Å². The summed E-state index contributed by atoms with van der Waals surface area (Å²) in [5, 5.41) is 22.1. The number of methoxy groups -OCH3 is 2. The number of aromatic hydroxyl groups is 2. The van der Waals surface area contributed by atoms with Crippen LogP contribution in [0, 0.1) is 0 Å². The van der Waals surface area contributed by atoms with E-state index < -0.39 is 0 Å². The van der Waals surface area contributed by atoms with Crippen molar-refractivity contribution in [2.24, 2.45) is 0 Å². The van der Waals surface area contributed by atoms with E-state index in [9.17, 15) is 10.2 Å². The highest BCUT2D eigenvalue weighted by Crippen LogP contribution is 2.51. The van der Waals surface area contributed by atoms with Gasteiger partial charge < -0.3 is 38.1 Å². The van der Waals surface area contributed by atoms with Crippen LogP contribution in [0.3, 0.4) is 0 Å². The second kappa shape index (κ2) is 11.1. The van der Waals surface area contributed by atoms with Crippen molar-refractivity contribution in [1.82, 2.24) is 0 Å². The van der Waals surface area contributed by atoms with E-state index in [2.05, 4.69) is 52.5 Å². The van der Waals surface area contributed by atoms with Gasteiger partial charge in [0, 0.05) is 31.2 Å². The number of rotatable bonds is 2. The van der Waals surface area contributed by atoms with E-state index in [4.69, 9.17) is 18.9 Å². The lowest BCUT2D eigenvalue weighted by Crippen LogP contribution is -2.48. The molecule has 4 aromatic carbocycles. The van der Waals surface area contributed by atoms with E-state index in [1.165, 1.54) is 16.7 Å². The fraction of sp³-hybridized carbons (Fsp3) is 0.368. The van der Waals surface area contributed by atoms with Crippen LogP contribution in [0.2, 0.25) is 0 Å². The number of hydrogen-bond acceptors (Lipinski definition) is 6. The van der Waals surface area contributed by atoms with Crippen molar-refractivity contribution in [3.05, 3.63) is 94.0 Å². The van der Waals surface area contributed by atoms with E-state index in [1.807, 2.05) is 30.3 Å². The molecule has 2 N–H and O–H groups in total. The molecule has 4 aliphatic heterocycles. The molecule has 0 saturated carbocycles. The van der Waals surface area contributed by atoms with Crippen LogP contribution in [0.1, 0.15) is 45.5 Å². The molecule has 46 heavy (non-hydrogen) atoms. The third-order valence-corrected chi connectivity index (χ3v) is 10.5. The van der Waals surface area contributed by atoms with Gasteiger partial charge in [0.15, 0.2) is 34.5 Å². The molecule has 8 nitrogen and oxygen atoms in total. The number of fused-ring (bicyclic) bond motifs is 2. The third-order valence-electron chi connectivity index (χ3n) is 10.5. The molecule has 2 atom stereocenters. The lowest BCUT2D eigenvalue weighted by Gasteiger charge is -2.43. The average Bonchev–Trinajstić information content (AvgIpc) is 3.02. The Labute approximate surface area is 271 Å². The van der Waals surface area contributed by atoms with Crippen molar-refractivity contribution >= 4 is 0 Å². The van der Waals surface area contributed by atoms with Crippen molar-refractivity contribution in [2.45, 2.75) is 37.8 Å². The first-order valence-corrected chi connectivity index (χ1v) is 16.0. The van der Waals surface area contributed by atoms with Crippen molar-refractivity contribution in [1.29, 1.82) is 0 Å². The summed E-state index contributed by atoms with van der Waals surface area (Å²) >= 11 is 0. The van der Waals surface area contributed by atoms with Gasteiger partial charge in [0.25, 0.3) is 0 Å². The van der Waals surface area contributed by atoms with Crippen LogP contribution in [-0.4, -0.2) is 74.7 Å². The number of likely N-dealkylation sites (N-methyl/N-ethyl adjacent to an activating group) is 2. The zero-order valence-electron chi connectivity index (χ0n) is 27.6. The second-order valence-electron chi connectivity index (χ2n) is 14.1. The van der Waals surface area contributed by atoms with E-state index in [0.29, 0.717) is 45.4 Å². The van der Waals surface area contributed by atoms with Crippen LogP contribution in [0.4, 0.5) is 0 Å². The fourth-order valence-corrected chi connectivity index (χ4v) is 7.65. The maximum atomic E-state index is 11.1. The summed E-state index contributed by atoms with van der Waals surface area (Å²) in [6, 6.07) is 20.1. The molecule has 8 heteroatoms. The second-order valence-corrected chi connectivity index (χ2v) is 14.1. The molecule has 4 aromatic rings. The van der Waals surface area contributed by atoms with Crippen LogP contribution < -0.4 is 18.9 Å². The fourth-order valence-electron chi connectivity index (χ4n) is 7.65. The van der Waals surface area contributed by atoms with Gasteiger partial charge in [-0.25, -0.2) is 0 Å². The maximum absolute atomic E-state index is 11.1. The SMILES string of the molecule is COc1cc2c3cc1Oc1cc(ccc1O)CC1c4c(cc(O)c(OC)c4Oc4ccc(cc4)CC3[N+](C)(C)CC2)CC[N+]1(C)C. The lowest BCUT2D eigenvalue weighted by molar-refractivity contribution is -0.923. The molecule has 0 spiro atoms. The van der Waals surface area contributed by atoms with Crippen LogP contribution in [0.15, 0.2) is 60.7 Å². The summed E-state index contributed by atoms with van der Waals surface area (Å²) in [7, 11) is 12.2. The number of benzene rings is 4. The van der Waals surface area contributed by atoms with E-state index in [0.717, 1.165) is 53.5 Å². The van der Waals surface area contributed by atoms with Crippen molar-refractivity contribution in [3.63, 3.8) is 0 Å². The van der Waals surface area contributed by atoms with Crippen LogP contribution >= 0.6 is 0 Å². The van der Waals surface area contributed by atoms with Crippen molar-refractivity contribution in [2.75, 3.05) is 55.5 Å². The van der Waals surface area contributed by atoms with Gasteiger partial charge in [-0.2, -0.15) is 0 Å². The Morgan fingerprint density at radius 3 is 2.07 bits per heavy atom. The molecule has 0 radical (unpaired) electrons. The predicted octanol–water partition coefficient (Wildman–Crippen LogP) is 6.85. The highest BCUT2D eigenvalue weighted by Gasteiger charge is 2.41. The highest BCUT2D eigenvalue weighted by atomic mass is 16.5. The number of phenolic OH excluding ortho intramolecular Hbond substituents is 2. The van der Waals surface area contributed by atoms with Gasteiger partial charge >= 0.3 is 0 Å². The smallest absolute Gasteiger partial charge is 0.204 e. The number of ether oxygens (including phenoxy) is 4. The Morgan fingerprint density at radius 1 is 0.674 bits per heavy atom. The molecule has 4 heterocycles. The molecule has 0 aliphatic carbocycles. The molecular weight excluding hydrogens is 580 g/mol. The van der Waals surface area contributed by atoms with E-state index >= 15 is 0 Å². The quantitative estimate of drug-likeness (QED) is 0.238. The molecule has 0 saturated heterocycles. The van der Waals surface area contributed by atoms with Gasteiger partial charge in [0.2, 0.25) is 5.75 Å². The van der Waals surface area contributed by atoms with Gasteiger partial charge in [0.05, 0.1) is 61.1 Å². The highest BCUT2D eigenvalue weighted by molar-refractivity contribution is 5.61. The summed E-state index contributed by atoms with van der Waals surface area (Å²) in [6.45, 7) is 1.89. The average molecular weight is 625 g/mol. The van der Waals surface area contributed by atoms with Crippen LogP contribution in [0.25, 0.3) is 0 Å². The zero-order valence-corrected chi connectivity index (χ0v) is 27.6. The minimum Gasteiger partial charge on any atom is -0.504 e. The minimum atomic E-state index is -0.0251. The Hall–Kier alpha value is -4.40. The van der Waals surface area contributed by atoms with Crippen LogP contribution in [-0.2, 0) is 25.7 Å². The van der Waals surface area contributed by atoms with Crippen molar-refractivity contribution < 1.29 is 38.1 Å². The van der Waals surface area contributed by atoms with Gasteiger partial charge in [-0.3, -0.25) is 0 Å². The molecule has 2 unspecified atom stereocenters. The zero-order chi connectivity index (χ0) is 32.4. The predicted molar refractivity (Wildman–Crippen MR) is 177 cm³/mol. The van der Waals surface area contributed by atoms with E-state index in [1.54, 1.807) is 20.3 Å².